The summed E-state index contributed by atoms with van der Waals surface area (Å²) in [5.74, 6) is 0.560. The van der Waals surface area contributed by atoms with Crippen LogP contribution in [0.25, 0.3) is 11.0 Å². The molecule has 0 aliphatic carbocycles. The highest BCUT2D eigenvalue weighted by Gasteiger charge is 2.21. The zero-order valence-electron chi connectivity index (χ0n) is 15.4. The van der Waals surface area contributed by atoms with E-state index in [-0.39, 0.29) is 5.92 Å². The molecule has 0 saturated heterocycles. The largest absolute Gasteiger partial charge is 0.350 e. The van der Waals surface area contributed by atoms with Crippen molar-refractivity contribution in [2.24, 2.45) is 12.8 Å². The number of fused-ring (bicyclic) bond motifs is 1. The van der Waals surface area contributed by atoms with Crippen LogP contribution in [-0.2, 0) is 7.05 Å². The number of hydrogen-bond acceptors (Lipinski definition) is 4. The lowest BCUT2D eigenvalue weighted by Crippen LogP contribution is -2.41. The Morgan fingerprint density at radius 3 is 2.41 bits per heavy atom. The zero-order valence-corrected chi connectivity index (χ0v) is 16.9. The van der Waals surface area contributed by atoms with Gasteiger partial charge in [0.2, 0.25) is 0 Å². The van der Waals surface area contributed by atoms with Gasteiger partial charge in [0.05, 0.1) is 16.9 Å². The number of pyridine rings is 1. The second-order valence-electron chi connectivity index (χ2n) is 6.57. The molecule has 3 rings (SSSR count). The third-order valence-electron chi connectivity index (χ3n) is 4.15. The Labute approximate surface area is 167 Å². The molecule has 0 fully saturated rings. The number of aromatic nitrogens is 3. The van der Waals surface area contributed by atoms with Gasteiger partial charge in [0, 0.05) is 17.1 Å². The van der Waals surface area contributed by atoms with Crippen LogP contribution in [0.15, 0.2) is 24.3 Å². The van der Waals surface area contributed by atoms with Crippen molar-refractivity contribution in [1.29, 1.82) is 0 Å². The van der Waals surface area contributed by atoms with Crippen molar-refractivity contribution in [1.82, 2.24) is 14.8 Å². The van der Waals surface area contributed by atoms with E-state index in [1.54, 1.807) is 22.9 Å². The number of hydrogen-bond donors (Lipinski definition) is 2. The highest BCUT2D eigenvalue weighted by atomic mass is 35.5. The van der Waals surface area contributed by atoms with Crippen LogP contribution >= 0.6 is 23.2 Å². The van der Waals surface area contributed by atoms with Crippen molar-refractivity contribution < 1.29 is 4.79 Å². The van der Waals surface area contributed by atoms with Crippen molar-refractivity contribution in [3.63, 3.8) is 0 Å². The van der Waals surface area contributed by atoms with Gasteiger partial charge in [-0.15, -0.1) is 0 Å². The second-order valence-corrected chi connectivity index (χ2v) is 7.45. The molecule has 0 aliphatic heterocycles. The molecule has 0 unspecified atom stereocenters. The van der Waals surface area contributed by atoms with Gasteiger partial charge in [0.15, 0.2) is 5.82 Å². The maximum Gasteiger partial charge on any atom is 0.339 e. The number of carbonyl (C=O) groups excluding carboxylic acids is 1. The van der Waals surface area contributed by atoms with Gasteiger partial charge in [-0.3, -0.25) is 10.1 Å². The van der Waals surface area contributed by atoms with Gasteiger partial charge < -0.3 is 5.73 Å². The van der Waals surface area contributed by atoms with E-state index in [1.807, 2.05) is 20.0 Å². The van der Waals surface area contributed by atoms with Crippen LogP contribution < -0.4 is 16.2 Å². The fourth-order valence-electron chi connectivity index (χ4n) is 2.99. The minimum absolute atomic E-state index is 0.194. The number of halogens is 2. The van der Waals surface area contributed by atoms with Crippen molar-refractivity contribution in [3.8, 4) is 0 Å². The number of rotatable bonds is 4. The number of amides is 2. The third kappa shape index (κ3) is 3.79. The standard InChI is InChI=1S/C18H20Cl2N6O/c1-9(2)14-8-15(22-16-10(3)23-25(4)17(14)16)26(18(21)27)24-13-6-11(19)5-12(20)7-13/h5-9,24H,1-4H3,(H2,21,27). The molecule has 1 aromatic carbocycles. The highest BCUT2D eigenvalue weighted by molar-refractivity contribution is 6.35. The number of carbonyl (C=O) groups is 1. The Kier molecular flexibility index (Phi) is 5.17. The summed E-state index contributed by atoms with van der Waals surface area (Å²) >= 11 is 12.1. The van der Waals surface area contributed by atoms with Crippen LogP contribution in [0.3, 0.4) is 0 Å². The van der Waals surface area contributed by atoms with Gasteiger partial charge in [-0.25, -0.2) is 9.78 Å². The zero-order chi connectivity index (χ0) is 19.9. The number of hydrazine groups is 1. The predicted molar refractivity (Wildman–Crippen MR) is 109 cm³/mol. The summed E-state index contributed by atoms with van der Waals surface area (Å²) in [7, 11) is 1.88. The molecule has 0 aliphatic rings. The van der Waals surface area contributed by atoms with Crippen LogP contribution in [0.4, 0.5) is 16.3 Å². The molecule has 0 atom stereocenters. The average molecular weight is 407 g/mol. The van der Waals surface area contributed by atoms with E-state index in [0.717, 1.165) is 22.3 Å². The van der Waals surface area contributed by atoms with E-state index in [1.165, 1.54) is 5.01 Å². The summed E-state index contributed by atoms with van der Waals surface area (Å²) in [5, 5.41) is 6.48. The van der Waals surface area contributed by atoms with Crippen molar-refractivity contribution in [2.45, 2.75) is 26.7 Å². The number of benzene rings is 1. The molecule has 3 aromatic rings. The van der Waals surface area contributed by atoms with Crippen molar-refractivity contribution >= 4 is 51.8 Å². The molecule has 0 saturated carbocycles. The molecule has 0 bridgehead atoms. The van der Waals surface area contributed by atoms with E-state index in [9.17, 15) is 4.79 Å². The summed E-state index contributed by atoms with van der Waals surface area (Å²) in [6.45, 7) is 6.02. The Morgan fingerprint density at radius 2 is 1.85 bits per heavy atom. The van der Waals surface area contributed by atoms with Gasteiger partial charge >= 0.3 is 6.03 Å². The third-order valence-corrected chi connectivity index (χ3v) is 4.59. The first-order chi connectivity index (χ1) is 12.7. The summed E-state index contributed by atoms with van der Waals surface area (Å²) in [4.78, 5) is 16.8. The molecule has 2 aromatic heterocycles. The normalized spacial score (nSPS) is 11.2. The Hall–Kier alpha value is -2.51. The van der Waals surface area contributed by atoms with E-state index in [2.05, 4.69) is 29.4 Å². The molecule has 142 valence electrons. The lowest BCUT2D eigenvalue weighted by molar-refractivity contribution is 0.255. The van der Waals surface area contributed by atoms with Crippen LogP contribution in [-0.4, -0.2) is 20.8 Å². The van der Waals surface area contributed by atoms with Gasteiger partial charge in [-0.1, -0.05) is 37.0 Å². The number of primary amides is 1. The van der Waals surface area contributed by atoms with Gasteiger partial charge in [-0.2, -0.15) is 10.1 Å². The van der Waals surface area contributed by atoms with Crippen LogP contribution in [0, 0.1) is 6.92 Å². The maximum absolute atomic E-state index is 12.1. The Balaban J connectivity index is 2.14. The fraction of sp³-hybridized carbons (Fsp3) is 0.278. The predicted octanol–water partition coefficient (Wildman–Crippen LogP) is 4.62. The lowest BCUT2D eigenvalue weighted by atomic mass is 10.0. The molecule has 3 N–H and O–H groups in total. The SMILES string of the molecule is Cc1nn(C)c2c(C(C)C)cc(N(Nc3cc(Cl)cc(Cl)c3)C(N)=O)nc12. The Morgan fingerprint density at radius 1 is 1.22 bits per heavy atom. The van der Waals surface area contributed by atoms with E-state index < -0.39 is 6.03 Å². The molecule has 0 radical (unpaired) electrons. The van der Waals surface area contributed by atoms with Crippen LogP contribution in [0.5, 0.6) is 0 Å². The smallest absolute Gasteiger partial charge is 0.339 e. The molecule has 7 nitrogen and oxygen atoms in total. The fourth-order valence-corrected chi connectivity index (χ4v) is 3.51. The van der Waals surface area contributed by atoms with Gasteiger partial charge in [0.25, 0.3) is 0 Å². The number of nitrogens with one attached hydrogen (secondary N) is 1. The maximum atomic E-state index is 12.1. The molecular formula is C18H20Cl2N6O. The van der Waals surface area contributed by atoms with Crippen LogP contribution in [0.1, 0.15) is 31.0 Å². The summed E-state index contributed by atoms with van der Waals surface area (Å²) in [6.07, 6.45) is 0. The molecule has 0 spiro atoms. The lowest BCUT2D eigenvalue weighted by Gasteiger charge is -2.23. The van der Waals surface area contributed by atoms with E-state index >= 15 is 0 Å². The van der Waals surface area contributed by atoms with E-state index in [4.69, 9.17) is 28.9 Å². The van der Waals surface area contributed by atoms with Crippen LogP contribution in [0.2, 0.25) is 10.0 Å². The van der Waals surface area contributed by atoms with Gasteiger partial charge in [-0.05, 0) is 42.7 Å². The number of nitrogens with zero attached hydrogens (tertiary/aromatic N) is 4. The average Bonchev–Trinajstić information content (AvgIpc) is 2.85. The molecule has 9 heteroatoms. The molecule has 27 heavy (non-hydrogen) atoms. The first-order valence-electron chi connectivity index (χ1n) is 8.34. The topological polar surface area (TPSA) is 89.1 Å². The van der Waals surface area contributed by atoms with E-state index in [0.29, 0.717) is 21.6 Å². The number of urea groups is 1. The number of nitrogens with two attached hydrogens (primary N) is 1. The molecule has 2 heterocycles. The first kappa shape index (κ1) is 19.3. The minimum atomic E-state index is -0.714. The van der Waals surface area contributed by atoms with Gasteiger partial charge in [0.1, 0.15) is 5.52 Å². The second kappa shape index (κ2) is 7.25. The van der Waals surface area contributed by atoms with Crippen molar-refractivity contribution in [3.05, 3.63) is 45.6 Å². The van der Waals surface area contributed by atoms with Crippen molar-refractivity contribution in [2.75, 3.05) is 10.4 Å². The number of aryl methyl sites for hydroxylation is 2. The quantitative estimate of drug-likeness (QED) is 0.618. The summed E-state index contributed by atoms with van der Waals surface area (Å²) in [6, 6.07) is 6.00. The monoisotopic (exact) mass is 406 g/mol. The molecule has 2 amide bonds. The summed E-state index contributed by atoms with van der Waals surface area (Å²) < 4.78 is 1.80. The highest BCUT2D eigenvalue weighted by Crippen LogP contribution is 2.30. The number of anilines is 2. The molecular weight excluding hydrogens is 387 g/mol. The minimum Gasteiger partial charge on any atom is -0.350 e. The first-order valence-corrected chi connectivity index (χ1v) is 9.09. The summed E-state index contributed by atoms with van der Waals surface area (Å²) in [5.41, 5.74) is 12.5. The Bertz CT molecular complexity index is 1010.